The number of morpholine rings is 1. The number of aromatic nitrogens is 4. The van der Waals surface area contributed by atoms with Gasteiger partial charge in [0.15, 0.2) is 17.5 Å². The zero-order chi connectivity index (χ0) is 27.1. The van der Waals surface area contributed by atoms with Gasteiger partial charge in [-0.05, 0) is 50.2 Å². The van der Waals surface area contributed by atoms with Crippen LogP contribution in [0.2, 0.25) is 5.15 Å². The van der Waals surface area contributed by atoms with E-state index in [9.17, 15) is 4.79 Å². The molecule has 4 aromatic rings. The standard InChI is InChI=1S/C26H30ClN7O3S2/c1-16-30-34-24-19(28-26(34)39-16)6-7-33(23(24)17-12-18(38-15-17)13-31(2)3)22(35)14-37-20-4-5-21(29-25(20)27)32-8-10-36-11-9-32/h4-5,12,15,23H,6-11,13-14H2,1-3H3. The number of pyridine rings is 1. The highest BCUT2D eigenvalue weighted by Gasteiger charge is 2.37. The molecule has 0 spiro atoms. The number of ether oxygens (including phenoxy) is 2. The van der Waals surface area contributed by atoms with Gasteiger partial charge in [0.05, 0.1) is 24.6 Å². The van der Waals surface area contributed by atoms with Crippen LogP contribution in [0.15, 0.2) is 23.6 Å². The van der Waals surface area contributed by atoms with Crippen molar-refractivity contribution in [2.24, 2.45) is 0 Å². The molecule has 1 saturated heterocycles. The van der Waals surface area contributed by atoms with Crippen molar-refractivity contribution in [3.63, 3.8) is 0 Å². The number of amides is 1. The molecule has 2 aliphatic rings. The second-order valence-electron chi connectivity index (χ2n) is 9.93. The van der Waals surface area contributed by atoms with Crippen molar-refractivity contribution in [1.82, 2.24) is 29.4 Å². The molecule has 0 aliphatic carbocycles. The van der Waals surface area contributed by atoms with Crippen LogP contribution in [0, 0.1) is 6.92 Å². The lowest BCUT2D eigenvalue weighted by molar-refractivity contribution is -0.135. The smallest absolute Gasteiger partial charge is 0.261 e. The molecule has 0 saturated carbocycles. The molecule has 1 atom stereocenters. The summed E-state index contributed by atoms with van der Waals surface area (Å²) < 4.78 is 13.3. The van der Waals surface area contributed by atoms with E-state index in [1.165, 1.54) is 4.88 Å². The number of aryl methyl sites for hydroxylation is 1. The largest absolute Gasteiger partial charge is 0.481 e. The molecule has 0 N–H and O–H groups in total. The van der Waals surface area contributed by atoms with Crippen LogP contribution in [-0.2, 0) is 22.5 Å². The Bertz CT molecular complexity index is 1490. The van der Waals surface area contributed by atoms with E-state index in [4.69, 9.17) is 31.2 Å². The molecule has 13 heteroatoms. The van der Waals surface area contributed by atoms with Crippen molar-refractivity contribution in [3.05, 3.63) is 55.6 Å². The van der Waals surface area contributed by atoms with Crippen molar-refractivity contribution in [3.8, 4) is 5.75 Å². The maximum Gasteiger partial charge on any atom is 0.261 e. The van der Waals surface area contributed by atoms with E-state index in [1.54, 1.807) is 28.7 Å². The lowest BCUT2D eigenvalue weighted by Gasteiger charge is -2.35. The number of thiophene rings is 1. The van der Waals surface area contributed by atoms with Gasteiger partial charge in [-0.25, -0.2) is 14.5 Å². The van der Waals surface area contributed by atoms with Gasteiger partial charge in [0.1, 0.15) is 16.9 Å². The normalized spacial score (nSPS) is 17.7. The van der Waals surface area contributed by atoms with Crippen molar-refractivity contribution in [2.75, 3.05) is 58.5 Å². The van der Waals surface area contributed by atoms with Crippen LogP contribution in [0.5, 0.6) is 5.75 Å². The second-order valence-corrected chi connectivity index (χ2v) is 12.4. The zero-order valence-electron chi connectivity index (χ0n) is 22.1. The number of hydrogen-bond donors (Lipinski definition) is 0. The maximum absolute atomic E-state index is 13.7. The molecule has 1 unspecified atom stereocenters. The SMILES string of the molecule is Cc1nn2c3c(nc2s1)CCN(C(=O)COc1ccc(N2CCOCC2)nc1Cl)C3c1csc(CN(C)C)c1. The van der Waals surface area contributed by atoms with Gasteiger partial charge in [0, 0.05) is 37.5 Å². The van der Waals surface area contributed by atoms with Gasteiger partial charge in [0.25, 0.3) is 5.91 Å². The highest BCUT2D eigenvalue weighted by molar-refractivity contribution is 7.16. The minimum atomic E-state index is -0.300. The Labute approximate surface area is 239 Å². The minimum absolute atomic E-state index is 0.124. The molecule has 206 valence electrons. The number of fused-ring (bicyclic) bond motifs is 3. The first-order chi connectivity index (χ1) is 18.9. The quantitative estimate of drug-likeness (QED) is 0.303. The number of nitrogens with zero attached hydrogens (tertiary/aromatic N) is 7. The average Bonchev–Trinajstić information content (AvgIpc) is 3.61. The van der Waals surface area contributed by atoms with Gasteiger partial charge in [-0.15, -0.1) is 11.3 Å². The summed E-state index contributed by atoms with van der Waals surface area (Å²) in [5.41, 5.74) is 3.01. The van der Waals surface area contributed by atoms with Crippen LogP contribution in [-0.4, -0.2) is 88.8 Å². The Morgan fingerprint density at radius 1 is 1.23 bits per heavy atom. The summed E-state index contributed by atoms with van der Waals surface area (Å²) in [7, 11) is 4.11. The van der Waals surface area contributed by atoms with Gasteiger partial charge >= 0.3 is 0 Å². The third kappa shape index (κ3) is 5.36. The first-order valence-corrected chi connectivity index (χ1v) is 14.9. The lowest BCUT2D eigenvalue weighted by atomic mass is 9.97. The third-order valence-electron chi connectivity index (χ3n) is 6.84. The molecule has 10 nitrogen and oxygen atoms in total. The Balaban J connectivity index is 1.25. The average molecular weight is 588 g/mol. The number of hydrogen-bond acceptors (Lipinski definition) is 10. The molecular formula is C26H30ClN7O3S2. The molecule has 0 aromatic carbocycles. The van der Waals surface area contributed by atoms with E-state index in [-0.39, 0.29) is 23.7 Å². The maximum atomic E-state index is 13.7. The second kappa shape index (κ2) is 11.0. The van der Waals surface area contributed by atoms with Gasteiger partial charge in [-0.3, -0.25) is 4.79 Å². The Kier molecular flexibility index (Phi) is 7.47. The molecule has 39 heavy (non-hydrogen) atoms. The Hall–Kier alpha value is -2.77. The molecule has 1 amide bonds. The van der Waals surface area contributed by atoms with E-state index in [1.807, 2.05) is 22.4 Å². The highest BCUT2D eigenvalue weighted by Crippen LogP contribution is 2.38. The van der Waals surface area contributed by atoms with Crippen LogP contribution in [0.3, 0.4) is 0 Å². The molecule has 2 aliphatic heterocycles. The van der Waals surface area contributed by atoms with Crippen LogP contribution in [0.25, 0.3) is 4.96 Å². The van der Waals surface area contributed by atoms with E-state index in [2.05, 4.69) is 40.3 Å². The molecule has 6 rings (SSSR count). The van der Waals surface area contributed by atoms with Gasteiger partial charge in [-0.2, -0.15) is 5.10 Å². The van der Waals surface area contributed by atoms with Crippen molar-refractivity contribution in [2.45, 2.75) is 25.9 Å². The van der Waals surface area contributed by atoms with E-state index in [0.717, 1.165) is 52.4 Å². The highest BCUT2D eigenvalue weighted by atomic mass is 35.5. The minimum Gasteiger partial charge on any atom is -0.481 e. The summed E-state index contributed by atoms with van der Waals surface area (Å²) in [6.45, 7) is 6.07. The van der Waals surface area contributed by atoms with Crippen molar-refractivity contribution < 1.29 is 14.3 Å². The summed E-state index contributed by atoms with van der Waals surface area (Å²) in [6, 6.07) is 5.54. The number of anilines is 1. The predicted molar refractivity (Wildman–Crippen MR) is 152 cm³/mol. The van der Waals surface area contributed by atoms with Gasteiger partial charge < -0.3 is 24.2 Å². The van der Waals surface area contributed by atoms with Crippen LogP contribution < -0.4 is 9.64 Å². The monoisotopic (exact) mass is 587 g/mol. The van der Waals surface area contributed by atoms with Crippen LogP contribution in [0.1, 0.15) is 32.9 Å². The molecule has 0 bridgehead atoms. The fourth-order valence-electron chi connectivity index (χ4n) is 5.11. The molecule has 0 radical (unpaired) electrons. The first-order valence-electron chi connectivity index (χ1n) is 12.9. The molecule has 1 fully saturated rings. The summed E-state index contributed by atoms with van der Waals surface area (Å²) in [5.74, 6) is 1.04. The van der Waals surface area contributed by atoms with Gasteiger partial charge in [0.2, 0.25) is 4.96 Å². The van der Waals surface area contributed by atoms with Crippen molar-refractivity contribution in [1.29, 1.82) is 0 Å². The summed E-state index contributed by atoms with van der Waals surface area (Å²) in [5, 5.41) is 8.05. The molecular weight excluding hydrogens is 558 g/mol. The molecule has 4 aromatic heterocycles. The fourth-order valence-corrected chi connectivity index (χ4v) is 7.11. The number of imidazole rings is 1. The molecule has 6 heterocycles. The van der Waals surface area contributed by atoms with E-state index >= 15 is 0 Å². The summed E-state index contributed by atoms with van der Waals surface area (Å²) in [4.78, 5) is 31.3. The number of carbonyl (C=O) groups is 1. The predicted octanol–water partition coefficient (Wildman–Crippen LogP) is 3.66. The topological polar surface area (TPSA) is 88.3 Å². The summed E-state index contributed by atoms with van der Waals surface area (Å²) in [6.07, 6.45) is 0.665. The fraction of sp³-hybridized carbons (Fsp3) is 0.462. The number of rotatable bonds is 7. The first kappa shape index (κ1) is 26.5. The third-order valence-corrected chi connectivity index (χ3v) is 8.88. The summed E-state index contributed by atoms with van der Waals surface area (Å²) >= 11 is 9.73. The lowest BCUT2D eigenvalue weighted by Crippen LogP contribution is -2.43. The Morgan fingerprint density at radius 2 is 2.05 bits per heavy atom. The Morgan fingerprint density at radius 3 is 2.82 bits per heavy atom. The van der Waals surface area contributed by atoms with E-state index < -0.39 is 0 Å². The van der Waals surface area contributed by atoms with Crippen LogP contribution >= 0.6 is 34.3 Å². The van der Waals surface area contributed by atoms with Crippen LogP contribution in [0.4, 0.5) is 5.82 Å². The van der Waals surface area contributed by atoms with Gasteiger partial charge in [-0.1, -0.05) is 22.9 Å². The zero-order valence-corrected chi connectivity index (χ0v) is 24.5. The van der Waals surface area contributed by atoms with Crippen molar-refractivity contribution >= 4 is 51.0 Å². The number of halogens is 1. The van der Waals surface area contributed by atoms with E-state index in [0.29, 0.717) is 31.9 Å². The number of carbonyl (C=O) groups excluding carboxylic acids is 1.